The molecule has 0 bridgehead atoms. The minimum atomic E-state index is -0.184. The zero-order valence-corrected chi connectivity index (χ0v) is 13.8. The van der Waals surface area contributed by atoms with Gasteiger partial charge >= 0.3 is 0 Å². The summed E-state index contributed by atoms with van der Waals surface area (Å²) >= 11 is 0. The normalized spacial score (nSPS) is 23.0. The average molecular weight is 303 g/mol. The lowest BCUT2D eigenvalue weighted by atomic mass is 9.90. The fourth-order valence-electron chi connectivity index (χ4n) is 3.38. The van der Waals surface area contributed by atoms with Crippen LogP contribution >= 0.6 is 0 Å². The number of carbonyl (C=O) groups is 1. The molecule has 1 aliphatic carbocycles. The summed E-state index contributed by atoms with van der Waals surface area (Å²) in [6.45, 7) is 4.41. The third-order valence-electron chi connectivity index (χ3n) is 4.78. The molecule has 122 valence electrons. The molecule has 1 unspecified atom stereocenters. The number of aliphatic hydroxyl groups excluding tert-OH is 1. The van der Waals surface area contributed by atoms with Crippen molar-refractivity contribution in [3.63, 3.8) is 0 Å². The summed E-state index contributed by atoms with van der Waals surface area (Å²) in [5, 5.41) is 12.7. The number of rotatable bonds is 6. The summed E-state index contributed by atoms with van der Waals surface area (Å²) in [5.74, 6) is 0.567. The first kappa shape index (κ1) is 17.0. The molecule has 1 aromatic rings. The van der Waals surface area contributed by atoms with Gasteiger partial charge in [0.2, 0.25) is 0 Å². The van der Waals surface area contributed by atoms with Gasteiger partial charge in [0, 0.05) is 11.6 Å². The fourth-order valence-corrected chi connectivity index (χ4v) is 3.38. The number of amides is 1. The Hall–Kier alpha value is -1.35. The summed E-state index contributed by atoms with van der Waals surface area (Å²) in [5.41, 5.74) is 2.04. The van der Waals surface area contributed by atoms with Crippen molar-refractivity contribution in [3.8, 4) is 0 Å². The van der Waals surface area contributed by atoms with Crippen LogP contribution in [0, 0.1) is 0 Å². The van der Waals surface area contributed by atoms with E-state index < -0.39 is 0 Å². The zero-order chi connectivity index (χ0) is 15.9. The highest BCUT2D eigenvalue weighted by Gasteiger charge is 2.21. The molecule has 1 aliphatic rings. The van der Waals surface area contributed by atoms with Gasteiger partial charge in [-0.05, 0) is 62.1 Å². The molecule has 2 N–H and O–H groups in total. The van der Waals surface area contributed by atoms with E-state index in [4.69, 9.17) is 0 Å². The second-order valence-corrected chi connectivity index (χ2v) is 6.50. The van der Waals surface area contributed by atoms with Crippen LogP contribution in [-0.2, 0) is 0 Å². The SMILES string of the molecule is CCCC(CC)c1cccc(C(=O)NC2CCC(O)CC2)c1. The molecule has 3 nitrogen and oxygen atoms in total. The van der Waals surface area contributed by atoms with E-state index in [1.807, 2.05) is 12.1 Å². The molecule has 0 heterocycles. The minimum Gasteiger partial charge on any atom is -0.393 e. The van der Waals surface area contributed by atoms with Crippen LogP contribution in [0.15, 0.2) is 24.3 Å². The van der Waals surface area contributed by atoms with Crippen molar-refractivity contribution in [2.75, 3.05) is 0 Å². The van der Waals surface area contributed by atoms with Crippen LogP contribution < -0.4 is 5.32 Å². The summed E-state index contributed by atoms with van der Waals surface area (Å²) in [7, 11) is 0. The maximum Gasteiger partial charge on any atom is 0.251 e. The van der Waals surface area contributed by atoms with E-state index in [1.54, 1.807) is 0 Å². The van der Waals surface area contributed by atoms with Gasteiger partial charge in [0.05, 0.1) is 6.10 Å². The van der Waals surface area contributed by atoms with Crippen molar-refractivity contribution in [2.45, 2.75) is 76.9 Å². The summed E-state index contributed by atoms with van der Waals surface area (Å²) < 4.78 is 0. The highest BCUT2D eigenvalue weighted by molar-refractivity contribution is 5.94. The van der Waals surface area contributed by atoms with E-state index in [0.29, 0.717) is 5.92 Å². The lowest BCUT2D eigenvalue weighted by Gasteiger charge is -2.26. The van der Waals surface area contributed by atoms with Crippen LogP contribution in [0.3, 0.4) is 0 Å². The topological polar surface area (TPSA) is 49.3 Å². The maximum atomic E-state index is 12.4. The van der Waals surface area contributed by atoms with E-state index in [0.717, 1.165) is 37.7 Å². The molecule has 1 atom stereocenters. The van der Waals surface area contributed by atoms with Crippen LogP contribution in [0.1, 0.15) is 80.6 Å². The summed E-state index contributed by atoms with van der Waals surface area (Å²) in [4.78, 5) is 12.4. The Balaban J connectivity index is 2.00. The standard InChI is InChI=1S/C19H29NO2/c1-3-6-14(4-2)15-7-5-8-16(13-15)19(22)20-17-9-11-18(21)12-10-17/h5,7-8,13-14,17-18,21H,3-4,6,9-12H2,1-2H3,(H,20,22). The quantitative estimate of drug-likeness (QED) is 0.834. The van der Waals surface area contributed by atoms with Crippen molar-refractivity contribution >= 4 is 5.91 Å². The Labute approximate surface area is 134 Å². The van der Waals surface area contributed by atoms with Crippen LogP contribution in [-0.4, -0.2) is 23.2 Å². The zero-order valence-electron chi connectivity index (χ0n) is 13.8. The lowest BCUT2D eigenvalue weighted by Crippen LogP contribution is -2.38. The maximum absolute atomic E-state index is 12.4. The molecule has 2 rings (SSSR count). The Morgan fingerprint density at radius 3 is 2.64 bits per heavy atom. The van der Waals surface area contributed by atoms with Crippen molar-refractivity contribution in [1.29, 1.82) is 0 Å². The van der Waals surface area contributed by atoms with E-state index >= 15 is 0 Å². The predicted molar refractivity (Wildman–Crippen MR) is 90.1 cm³/mol. The van der Waals surface area contributed by atoms with Gasteiger partial charge in [0.15, 0.2) is 0 Å². The van der Waals surface area contributed by atoms with Crippen molar-refractivity contribution in [1.82, 2.24) is 5.32 Å². The molecular formula is C19H29NO2. The average Bonchev–Trinajstić information content (AvgIpc) is 2.55. The number of hydrogen-bond donors (Lipinski definition) is 2. The van der Waals surface area contributed by atoms with E-state index in [2.05, 4.69) is 31.3 Å². The molecule has 0 saturated heterocycles. The molecule has 0 spiro atoms. The van der Waals surface area contributed by atoms with Gasteiger partial charge in [-0.25, -0.2) is 0 Å². The molecule has 0 radical (unpaired) electrons. The Morgan fingerprint density at radius 1 is 1.27 bits per heavy atom. The van der Waals surface area contributed by atoms with Crippen LogP contribution in [0.5, 0.6) is 0 Å². The molecule has 0 aliphatic heterocycles. The van der Waals surface area contributed by atoms with Crippen molar-refractivity contribution in [3.05, 3.63) is 35.4 Å². The number of hydrogen-bond acceptors (Lipinski definition) is 2. The second-order valence-electron chi connectivity index (χ2n) is 6.50. The molecular weight excluding hydrogens is 274 g/mol. The molecule has 1 saturated carbocycles. The first-order chi connectivity index (χ1) is 10.6. The number of benzene rings is 1. The van der Waals surface area contributed by atoms with Gasteiger partial charge in [0.25, 0.3) is 5.91 Å². The van der Waals surface area contributed by atoms with E-state index in [9.17, 15) is 9.90 Å². The molecule has 0 aromatic heterocycles. The van der Waals surface area contributed by atoms with E-state index in [1.165, 1.54) is 18.4 Å². The van der Waals surface area contributed by atoms with Gasteiger partial charge < -0.3 is 10.4 Å². The smallest absolute Gasteiger partial charge is 0.251 e. The Morgan fingerprint density at radius 2 is 2.00 bits per heavy atom. The number of carbonyl (C=O) groups excluding carboxylic acids is 1. The summed E-state index contributed by atoms with van der Waals surface area (Å²) in [6.07, 6.45) is 6.59. The van der Waals surface area contributed by atoms with Crippen LogP contribution in [0.25, 0.3) is 0 Å². The summed E-state index contributed by atoms with van der Waals surface area (Å²) in [6, 6.07) is 8.29. The largest absolute Gasteiger partial charge is 0.393 e. The Kier molecular flexibility index (Phi) is 6.44. The predicted octanol–water partition coefficient (Wildman–Crippen LogP) is 4.01. The molecule has 22 heavy (non-hydrogen) atoms. The van der Waals surface area contributed by atoms with E-state index in [-0.39, 0.29) is 18.1 Å². The molecule has 3 heteroatoms. The first-order valence-electron chi connectivity index (χ1n) is 8.72. The van der Waals surface area contributed by atoms with Crippen molar-refractivity contribution < 1.29 is 9.90 Å². The second kappa shape index (κ2) is 8.33. The Bertz CT molecular complexity index is 478. The van der Waals surface area contributed by atoms with Gasteiger partial charge in [-0.1, -0.05) is 32.4 Å². The fraction of sp³-hybridized carbons (Fsp3) is 0.632. The molecule has 1 fully saturated rings. The molecule has 1 amide bonds. The van der Waals surface area contributed by atoms with Crippen LogP contribution in [0.4, 0.5) is 0 Å². The number of aliphatic hydroxyl groups is 1. The highest BCUT2D eigenvalue weighted by Crippen LogP contribution is 2.25. The monoisotopic (exact) mass is 303 g/mol. The third-order valence-corrected chi connectivity index (χ3v) is 4.78. The number of nitrogens with one attached hydrogen (secondary N) is 1. The van der Waals surface area contributed by atoms with Gasteiger partial charge in [0.1, 0.15) is 0 Å². The van der Waals surface area contributed by atoms with Crippen molar-refractivity contribution in [2.24, 2.45) is 0 Å². The van der Waals surface area contributed by atoms with Gasteiger partial charge in [-0.15, -0.1) is 0 Å². The third kappa shape index (κ3) is 4.57. The molecule has 1 aromatic carbocycles. The van der Waals surface area contributed by atoms with Gasteiger partial charge in [-0.2, -0.15) is 0 Å². The van der Waals surface area contributed by atoms with Crippen LogP contribution in [0.2, 0.25) is 0 Å². The first-order valence-corrected chi connectivity index (χ1v) is 8.72. The highest BCUT2D eigenvalue weighted by atomic mass is 16.3. The lowest BCUT2D eigenvalue weighted by molar-refractivity contribution is 0.0867. The minimum absolute atomic E-state index is 0.0228. The van der Waals surface area contributed by atoms with Gasteiger partial charge in [-0.3, -0.25) is 4.79 Å².